The number of ether oxygens (including phenoxy) is 1. The maximum Gasteiger partial charge on any atom is 0.266 e. The lowest BCUT2D eigenvalue weighted by atomic mass is 9.97. The predicted octanol–water partition coefficient (Wildman–Crippen LogP) is 1.55. The minimum absolute atomic E-state index is 0.0198. The minimum atomic E-state index is -0.732. The van der Waals surface area contributed by atoms with Gasteiger partial charge in [-0.3, -0.25) is 9.59 Å². The first-order valence-electron chi connectivity index (χ1n) is 7.05. The third-order valence-electron chi connectivity index (χ3n) is 4.04. The Kier molecular flexibility index (Phi) is 3.76. The number of hydrogen-bond donors (Lipinski definition) is 0. The Morgan fingerprint density at radius 3 is 2.48 bits per heavy atom. The Balaban J connectivity index is 1.72. The van der Waals surface area contributed by atoms with E-state index in [0.717, 1.165) is 25.9 Å². The fraction of sp³-hybridized carbons (Fsp3) is 0.467. The van der Waals surface area contributed by atoms with Gasteiger partial charge in [-0.1, -0.05) is 11.6 Å². The van der Waals surface area contributed by atoms with Crippen molar-refractivity contribution in [2.24, 2.45) is 0 Å². The number of likely N-dealkylation sites (N-methyl/N-ethyl adjacent to an activating group) is 1. The molecular formula is C15H17ClN2O3. The van der Waals surface area contributed by atoms with Crippen LogP contribution in [0.15, 0.2) is 24.3 Å². The molecule has 0 radical (unpaired) electrons. The molecule has 0 bridgehead atoms. The van der Waals surface area contributed by atoms with Crippen molar-refractivity contribution < 1.29 is 14.3 Å². The molecule has 2 saturated heterocycles. The lowest BCUT2D eigenvalue weighted by molar-refractivity contribution is -0.170. The Labute approximate surface area is 128 Å². The molecule has 6 heteroatoms. The van der Waals surface area contributed by atoms with Crippen molar-refractivity contribution in [3.8, 4) is 5.75 Å². The molecule has 0 saturated carbocycles. The molecule has 2 heterocycles. The summed E-state index contributed by atoms with van der Waals surface area (Å²) >= 11 is 5.82. The number of likely N-dealkylation sites (tertiary alicyclic amines) is 2. The van der Waals surface area contributed by atoms with E-state index in [2.05, 4.69) is 0 Å². The molecule has 0 spiro atoms. The molecule has 2 aliphatic rings. The summed E-state index contributed by atoms with van der Waals surface area (Å²) in [4.78, 5) is 27.7. The number of benzene rings is 1. The van der Waals surface area contributed by atoms with Crippen molar-refractivity contribution in [3.63, 3.8) is 0 Å². The second-order valence-corrected chi connectivity index (χ2v) is 5.86. The van der Waals surface area contributed by atoms with Crippen molar-refractivity contribution >= 4 is 23.4 Å². The zero-order valence-electron chi connectivity index (χ0n) is 11.8. The van der Waals surface area contributed by atoms with Gasteiger partial charge in [-0.15, -0.1) is 0 Å². The van der Waals surface area contributed by atoms with Crippen LogP contribution in [0.25, 0.3) is 0 Å². The monoisotopic (exact) mass is 308 g/mol. The van der Waals surface area contributed by atoms with Gasteiger partial charge in [-0.25, -0.2) is 0 Å². The molecule has 0 unspecified atom stereocenters. The Morgan fingerprint density at radius 2 is 1.86 bits per heavy atom. The summed E-state index contributed by atoms with van der Waals surface area (Å²) in [5.74, 6) is 0.362. The number of carbonyl (C=O) groups is 2. The molecule has 112 valence electrons. The molecule has 0 N–H and O–H groups in total. The summed E-state index contributed by atoms with van der Waals surface area (Å²) in [6, 6.07) is 6.27. The third-order valence-corrected chi connectivity index (χ3v) is 4.29. The summed E-state index contributed by atoms with van der Waals surface area (Å²) in [5.41, 5.74) is 0. The van der Waals surface area contributed by atoms with Crippen molar-refractivity contribution in [3.05, 3.63) is 29.3 Å². The molecule has 2 fully saturated rings. The van der Waals surface area contributed by atoms with Crippen LogP contribution in [0.5, 0.6) is 5.75 Å². The van der Waals surface area contributed by atoms with E-state index in [-0.39, 0.29) is 11.8 Å². The molecule has 21 heavy (non-hydrogen) atoms. The smallest absolute Gasteiger partial charge is 0.266 e. The summed E-state index contributed by atoms with van der Waals surface area (Å²) in [7, 11) is 1.64. The Bertz CT molecular complexity index is 555. The molecule has 1 aromatic rings. The minimum Gasteiger partial charge on any atom is -0.478 e. The largest absolute Gasteiger partial charge is 0.478 e. The van der Waals surface area contributed by atoms with Crippen LogP contribution in [0.2, 0.25) is 5.02 Å². The van der Waals surface area contributed by atoms with Crippen molar-refractivity contribution in [1.82, 2.24) is 9.80 Å². The fourth-order valence-electron chi connectivity index (χ4n) is 2.79. The highest BCUT2D eigenvalue weighted by Crippen LogP contribution is 2.27. The number of carbonyl (C=O) groups excluding carboxylic acids is 2. The lowest BCUT2D eigenvalue weighted by Crippen LogP contribution is -2.70. The van der Waals surface area contributed by atoms with E-state index in [0.29, 0.717) is 10.8 Å². The molecule has 1 aromatic carbocycles. The van der Waals surface area contributed by atoms with Gasteiger partial charge in [0.15, 0.2) is 6.04 Å². The van der Waals surface area contributed by atoms with Crippen LogP contribution in [0, 0.1) is 0 Å². The highest BCUT2D eigenvalue weighted by molar-refractivity contribution is 6.30. The van der Waals surface area contributed by atoms with Gasteiger partial charge in [0.25, 0.3) is 5.91 Å². The number of rotatable bonds is 3. The van der Waals surface area contributed by atoms with Gasteiger partial charge in [0.05, 0.1) is 0 Å². The van der Waals surface area contributed by atoms with Crippen LogP contribution in [0.3, 0.4) is 0 Å². The third kappa shape index (κ3) is 2.58. The number of β-lactam (4-membered cyclic amide) rings is 1. The van der Waals surface area contributed by atoms with Crippen LogP contribution < -0.4 is 4.74 Å². The molecule has 0 aliphatic carbocycles. The second-order valence-electron chi connectivity index (χ2n) is 5.42. The number of nitrogens with zero attached hydrogens (tertiary/aromatic N) is 2. The number of amides is 2. The summed E-state index contributed by atoms with van der Waals surface area (Å²) < 4.78 is 5.68. The maximum absolute atomic E-state index is 12.5. The average Bonchev–Trinajstić information content (AvgIpc) is 3.02. The van der Waals surface area contributed by atoms with Gasteiger partial charge in [0.2, 0.25) is 12.0 Å². The number of hydrogen-bond acceptors (Lipinski definition) is 3. The van der Waals surface area contributed by atoms with Crippen LogP contribution in [0.4, 0.5) is 0 Å². The summed E-state index contributed by atoms with van der Waals surface area (Å²) in [5, 5.41) is 0.601. The highest BCUT2D eigenvalue weighted by Gasteiger charge is 2.52. The predicted molar refractivity (Wildman–Crippen MR) is 78.2 cm³/mol. The van der Waals surface area contributed by atoms with Gasteiger partial charge in [0.1, 0.15) is 5.75 Å². The molecule has 3 rings (SSSR count). The number of halogens is 1. The zero-order valence-corrected chi connectivity index (χ0v) is 12.5. The molecule has 2 aliphatic heterocycles. The normalized spacial score (nSPS) is 25.0. The summed E-state index contributed by atoms with van der Waals surface area (Å²) in [6.07, 6.45) is 1.32. The Morgan fingerprint density at radius 1 is 1.24 bits per heavy atom. The van der Waals surface area contributed by atoms with E-state index in [1.807, 2.05) is 4.90 Å². The first kappa shape index (κ1) is 14.2. The quantitative estimate of drug-likeness (QED) is 0.796. The van der Waals surface area contributed by atoms with E-state index in [4.69, 9.17) is 16.3 Å². The molecule has 2 amide bonds. The molecular weight excluding hydrogens is 292 g/mol. The van der Waals surface area contributed by atoms with E-state index >= 15 is 0 Å². The molecule has 5 nitrogen and oxygen atoms in total. The molecule has 0 aromatic heterocycles. The molecule has 2 atom stereocenters. The fourth-order valence-corrected chi connectivity index (χ4v) is 2.91. The van der Waals surface area contributed by atoms with Crippen LogP contribution in [0.1, 0.15) is 12.8 Å². The van der Waals surface area contributed by atoms with E-state index in [1.165, 1.54) is 4.90 Å². The lowest BCUT2D eigenvalue weighted by Gasteiger charge is -2.44. The van der Waals surface area contributed by atoms with Crippen molar-refractivity contribution in [2.45, 2.75) is 25.0 Å². The van der Waals surface area contributed by atoms with Gasteiger partial charge < -0.3 is 14.5 Å². The second kappa shape index (κ2) is 5.56. The Hall–Kier alpha value is -1.75. The van der Waals surface area contributed by atoms with Gasteiger partial charge >= 0.3 is 0 Å². The van der Waals surface area contributed by atoms with Gasteiger partial charge in [-0.2, -0.15) is 0 Å². The maximum atomic E-state index is 12.5. The van der Waals surface area contributed by atoms with E-state index in [1.54, 1.807) is 31.3 Å². The zero-order chi connectivity index (χ0) is 15.0. The van der Waals surface area contributed by atoms with Crippen LogP contribution >= 0.6 is 11.6 Å². The first-order valence-corrected chi connectivity index (χ1v) is 7.43. The van der Waals surface area contributed by atoms with Crippen LogP contribution in [-0.4, -0.2) is 53.9 Å². The van der Waals surface area contributed by atoms with Crippen molar-refractivity contribution in [1.29, 1.82) is 0 Å². The average molecular weight is 309 g/mol. The van der Waals surface area contributed by atoms with Gasteiger partial charge in [0, 0.05) is 25.2 Å². The standard InChI is InChI=1S/C15H17ClN2O3/c1-17-12(14(19)18-8-2-3-9-18)13(15(17)20)21-11-6-4-10(16)5-7-11/h4-7,12-13H,2-3,8-9H2,1H3/t12-,13-/m0/s1. The van der Waals surface area contributed by atoms with E-state index < -0.39 is 12.1 Å². The van der Waals surface area contributed by atoms with Gasteiger partial charge in [-0.05, 0) is 37.1 Å². The van der Waals surface area contributed by atoms with E-state index in [9.17, 15) is 9.59 Å². The first-order chi connectivity index (χ1) is 10.1. The SMILES string of the molecule is CN1C(=O)[C@@H](Oc2ccc(Cl)cc2)[C@H]1C(=O)N1CCCC1. The van der Waals surface area contributed by atoms with Crippen LogP contribution in [-0.2, 0) is 9.59 Å². The topological polar surface area (TPSA) is 49.9 Å². The van der Waals surface area contributed by atoms with Crippen molar-refractivity contribution in [2.75, 3.05) is 20.1 Å². The highest BCUT2D eigenvalue weighted by atomic mass is 35.5. The summed E-state index contributed by atoms with van der Waals surface area (Å²) in [6.45, 7) is 1.54.